The van der Waals surface area contributed by atoms with Crippen molar-refractivity contribution in [1.82, 2.24) is 19.7 Å². The van der Waals surface area contributed by atoms with E-state index in [-0.39, 0.29) is 5.95 Å². The largest absolute Gasteiger partial charge is 0.436 e. The molecule has 0 aromatic carbocycles. The van der Waals surface area contributed by atoms with Crippen molar-refractivity contribution in [3.63, 3.8) is 0 Å². The summed E-state index contributed by atoms with van der Waals surface area (Å²) in [5, 5.41) is 11.7. The summed E-state index contributed by atoms with van der Waals surface area (Å²) in [6.07, 6.45) is -4.78. The van der Waals surface area contributed by atoms with Crippen LogP contribution in [0.2, 0.25) is 5.15 Å². The minimum atomic E-state index is -4.78. The van der Waals surface area contributed by atoms with Crippen LogP contribution >= 0.6 is 11.6 Å². The molecule has 0 unspecified atom stereocenters. The normalized spacial score (nSPS) is 11.4. The molecule has 0 spiro atoms. The van der Waals surface area contributed by atoms with E-state index >= 15 is 0 Å². The van der Waals surface area contributed by atoms with E-state index in [0.29, 0.717) is 16.1 Å². The van der Waals surface area contributed by atoms with Gasteiger partial charge in [-0.2, -0.15) is 28.2 Å². The van der Waals surface area contributed by atoms with E-state index in [1.807, 2.05) is 0 Å². The van der Waals surface area contributed by atoms with Crippen LogP contribution in [0.5, 0.6) is 0 Å². The van der Waals surface area contributed by atoms with Gasteiger partial charge in [-0.3, -0.25) is 0 Å². The second-order valence-electron chi connectivity index (χ2n) is 3.99. The number of nitriles is 1. The Kier molecular flexibility index (Phi) is 3.39. The highest BCUT2D eigenvalue weighted by Crippen LogP contribution is 2.34. The maximum absolute atomic E-state index is 12.8. The molecule has 0 saturated heterocycles. The highest BCUT2D eigenvalue weighted by molar-refractivity contribution is 6.31. The van der Waals surface area contributed by atoms with Crippen LogP contribution in [0.25, 0.3) is 5.95 Å². The van der Waals surface area contributed by atoms with Crippen molar-refractivity contribution in [1.29, 1.82) is 5.26 Å². The van der Waals surface area contributed by atoms with Gasteiger partial charge >= 0.3 is 6.18 Å². The number of nitrogens with zero attached hydrogens (tertiary/aromatic N) is 5. The summed E-state index contributed by atoms with van der Waals surface area (Å²) < 4.78 is 39.0. The van der Waals surface area contributed by atoms with Crippen molar-refractivity contribution in [2.24, 2.45) is 0 Å². The number of hydrogen-bond acceptors (Lipinski definition) is 4. The fourth-order valence-corrected chi connectivity index (χ4v) is 1.87. The van der Waals surface area contributed by atoms with Crippen LogP contribution in [0, 0.1) is 25.2 Å². The molecule has 0 radical (unpaired) electrons. The molecule has 2 heterocycles. The lowest BCUT2D eigenvalue weighted by Gasteiger charge is -2.04. The zero-order valence-electron chi connectivity index (χ0n) is 10.3. The third kappa shape index (κ3) is 2.44. The van der Waals surface area contributed by atoms with Gasteiger partial charge in [0, 0.05) is 11.4 Å². The maximum atomic E-state index is 12.8. The predicted octanol–water partition coefficient (Wildman–Crippen LogP) is 2.82. The van der Waals surface area contributed by atoms with Crippen molar-refractivity contribution in [3.05, 3.63) is 33.9 Å². The van der Waals surface area contributed by atoms with E-state index < -0.39 is 22.6 Å². The van der Waals surface area contributed by atoms with Gasteiger partial charge in [0.25, 0.3) is 5.95 Å². The third-order valence-corrected chi connectivity index (χ3v) is 2.72. The summed E-state index contributed by atoms with van der Waals surface area (Å²) in [5.74, 6) is -0.112. The minimum Gasteiger partial charge on any atom is -0.216 e. The minimum absolute atomic E-state index is 0.112. The van der Waals surface area contributed by atoms with Gasteiger partial charge in [0.15, 0.2) is 10.8 Å². The molecule has 2 aromatic heterocycles. The number of aromatic nitrogens is 4. The average Bonchev–Trinajstić information content (AvgIpc) is 2.64. The molecular weight excluding hydrogens is 295 g/mol. The van der Waals surface area contributed by atoms with Gasteiger partial charge in [-0.1, -0.05) is 11.6 Å². The smallest absolute Gasteiger partial charge is 0.216 e. The molecule has 0 atom stereocenters. The molecule has 0 aliphatic carbocycles. The van der Waals surface area contributed by atoms with E-state index in [9.17, 15) is 13.2 Å². The zero-order valence-corrected chi connectivity index (χ0v) is 11.1. The molecule has 2 aromatic rings. The Balaban J connectivity index is 2.71. The summed E-state index contributed by atoms with van der Waals surface area (Å²) in [6, 6.07) is 3.05. The van der Waals surface area contributed by atoms with Crippen molar-refractivity contribution < 1.29 is 13.2 Å². The van der Waals surface area contributed by atoms with Crippen LogP contribution in [-0.4, -0.2) is 19.7 Å². The Labute approximate surface area is 116 Å². The van der Waals surface area contributed by atoms with E-state index in [2.05, 4.69) is 15.1 Å². The Morgan fingerprint density at radius 3 is 2.20 bits per heavy atom. The summed E-state index contributed by atoms with van der Waals surface area (Å²) in [4.78, 5) is 7.93. The second-order valence-corrected chi connectivity index (χ2v) is 4.34. The number of hydrogen-bond donors (Lipinski definition) is 0. The van der Waals surface area contributed by atoms with E-state index in [4.69, 9.17) is 16.9 Å². The Morgan fingerprint density at radius 1 is 1.25 bits per heavy atom. The fraction of sp³-hybridized carbons (Fsp3) is 0.273. The second kappa shape index (κ2) is 4.76. The summed E-state index contributed by atoms with van der Waals surface area (Å²) in [6.45, 7) is 3.32. The Morgan fingerprint density at radius 2 is 1.80 bits per heavy atom. The van der Waals surface area contributed by atoms with Crippen molar-refractivity contribution in [2.75, 3.05) is 0 Å². The van der Waals surface area contributed by atoms with Gasteiger partial charge in [-0.15, -0.1) is 0 Å². The van der Waals surface area contributed by atoms with Gasteiger partial charge in [0.05, 0.1) is 0 Å². The van der Waals surface area contributed by atoms with E-state index in [1.54, 1.807) is 19.9 Å². The van der Waals surface area contributed by atoms with Crippen LogP contribution in [0.4, 0.5) is 13.2 Å². The van der Waals surface area contributed by atoms with Gasteiger partial charge in [0.2, 0.25) is 0 Å². The number of alkyl halides is 3. The van der Waals surface area contributed by atoms with Crippen LogP contribution in [-0.2, 0) is 6.18 Å². The molecule has 0 fully saturated rings. The highest BCUT2D eigenvalue weighted by Gasteiger charge is 2.39. The first-order valence-electron chi connectivity index (χ1n) is 5.32. The number of halogens is 4. The van der Waals surface area contributed by atoms with Crippen LogP contribution in [0.1, 0.15) is 22.6 Å². The van der Waals surface area contributed by atoms with E-state index in [1.165, 1.54) is 6.07 Å². The molecule has 0 aliphatic rings. The first-order valence-corrected chi connectivity index (χ1v) is 5.70. The summed E-state index contributed by atoms with van der Waals surface area (Å²) in [5.41, 5.74) is -1.01. The van der Waals surface area contributed by atoms with Gasteiger partial charge in [-0.25, -0.2) is 9.97 Å². The van der Waals surface area contributed by atoms with Crippen LogP contribution in [0.15, 0.2) is 6.07 Å². The summed E-state index contributed by atoms with van der Waals surface area (Å²) >= 11 is 5.77. The van der Waals surface area contributed by atoms with Crippen LogP contribution in [0.3, 0.4) is 0 Å². The zero-order chi connectivity index (χ0) is 15.1. The Bertz CT molecular complexity index is 694. The van der Waals surface area contributed by atoms with Gasteiger partial charge in [-0.05, 0) is 19.9 Å². The molecule has 9 heteroatoms. The molecule has 5 nitrogen and oxygen atoms in total. The average molecular weight is 302 g/mol. The fourth-order valence-electron chi connectivity index (χ4n) is 1.63. The molecule has 2 rings (SSSR count). The maximum Gasteiger partial charge on any atom is 0.436 e. The Hall–Kier alpha value is -2.14. The molecule has 0 aliphatic heterocycles. The molecule has 0 amide bonds. The lowest BCUT2D eigenvalue weighted by atomic mass is 10.2. The molecule has 0 bridgehead atoms. The van der Waals surface area contributed by atoms with Crippen molar-refractivity contribution in [3.8, 4) is 12.0 Å². The lowest BCUT2D eigenvalue weighted by molar-refractivity contribution is -0.141. The van der Waals surface area contributed by atoms with Crippen molar-refractivity contribution in [2.45, 2.75) is 20.0 Å². The van der Waals surface area contributed by atoms with Gasteiger partial charge < -0.3 is 0 Å². The standard InChI is InChI=1S/C11H7ClF3N5/c1-5-3-6(2)18-10(17-5)20-9(12)7(4-16)8(19-20)11(13,14)15/h3H,1-2H3. The number of rotatable bonds is 1. The molecule has 20 heavy (non-hydrogen) atoms. The van der Waals surface area contributed by atoms with Gasteiger partial charge in [0.1, 0.15) is 11.6 Å². The topological polar surface area (TPSA) is 67.4 Å². The van der Waals surface area contributed by atoms with E-state index in [0.717, 1.165) is 0 Å². The predicted molar refractivity (Wildman–Crippen MR) is 63.4 cm³/mol. The molecular formula is C11H7ClF3N5. The molecule has 0 N–H and O–H groups in total. The SMILES string of the molecule is Cc1cc(C)nc(-n2nc(C(F)(F)F)c(C#N)c2Cl)n1. The van der Waals surface area contributed by atoms with Crippen molar-refractivity contribution >= 4 is 11.6 Å². The first kappa shape index (κ1) is 14.3. The van der Waals surface area contributed by atoms with Crippen LogP contribution < -0.4 is 0 Å². The first-order chi connectivity index (χ1) is 9.24. The molecule has 104 valence electrons. The highest BCUT2D eigenvalue weighted by atomic mass is 35.5. The monoisotopic (exact) mass is 301 g/mol. The number of aryl methyl sites for hydroxylation is 2. The third-order valence-electron chi connectivity index (χ3n) is 2.37. The summed E-state index contributed by atoms with van der Waals surface area (Å²) in [7, 11) is 0. The quantitative estimate of drug-likeness (QED) is 0.812. The lowest BCUT2D eigenvalue weighted by Crippen LogP contribution is -2.10. The molecule has 0 saturated carbocycles.